The quantitative estimate of drug-likeness (QED) is 0.770. The average molecular weight is 354 g/mol. The van der Waals surface area contributed by atoms with Crippen molar-refractivity contribution in [3.63, 3.8) is 0 Å². The minimum Gasteiger partial charge on any atom is -0.479 e. The maximum atomic E-state index is 11.5. The molecule has 0 radical (unpaired) electrons. The van der Waals surface area contributed by atoms with Gasteiger partial charge in [0, 0.05) is 5.69 Å². The fraction of sp³-hybridized carbons (Fsp3) is 0.125. The molecule has 23 heavy (non-hydrogen) atoms. The summed E-state index contributed by atoms with van der Waals surface area (Å²) in [7, 11) is 0. The minimum atomic E-state index is -1.19. The summed E-state index contributed by atoms with van der Waals surface area (Å²) in [5, 5.41) is 12.5. The van der Waals surface area contributed by atoms with Crippen LogP contribution in [0.4, 0.5) is 11.4 Å². The number of carbonyl (C=O) groups is 2. The van der Waals surface area contributed by atoms with Crippen molar-refractivity contribution >= 4 is 46.5 Å². The van der Waals surface area contributed by atoms with Gasteiger partial charge in [-0.2, -0.15) is 0 Å². The van der Waals surface area contributed by atoms with Gasteiger partial charge in [0.25, 0.3) is 0 Å². The van der Waals surface area contributed by atoms with Crippen molar-refractivity contribution in [3.05, 3.63) is 58.1 Å². The summed E-state index contributed by atoms with van der Waals surface area (Å²) in [6.07, 6.45) is -0.0287. The first-order valence-corrected chi connectivity index (χ1v) is 7.38. The molecule has 2 aromatic carbocycles. The number of aliphatic carboxylic acids is 1. The number of carboxylic acids is 1. The van der Waals surface area contributed by atoms with E-state index in [1.807, 2.05) is 0 Å². The summed E-state index contributed by atoms with van der Waals surface area (Å²) >= 11 is 12.2. The smallest absolute Gasteiger partial charge is 0.341 e. The van der Waals surface area contributed by atoms with Crippen LogP contribution in [0.3, 0.4) is 0 Å². The van der Waals surface area contributed by atoms with Crippen molar-refractivity contribution < 1.29 is 19.4 Å². The Labute approximate surface area is 142 Å². The van der Waals surface area contributed by atoms with Crippen molar-refractivity contribution in [3.8, 4) is 0 Å². The van der Waals surface area contributed by atoms with Crippen LogP contribution in [0.15, 0.2) is 42.5 Å². The van der Waals surface area contributed by atoms with Gasteiger partial charge in [0.15, 0.2) is 6.61 Å². The largest absolute Gasteiger partial charge is 0.479 e. The Morgan fingerprint density at radius 1 is 1.09 bits per heavy atom. The van der Waals surface area contributed by atoms with Gasteiger partial charge in [-0.3, -0.25) is 4.79 Å². The lowest BCUT2D eigenvalue weighted by atomic mass is 10.1. The number of carboxylic acid groups (broad SMARTS) is 1. The molecule has 0 aliphatic rings. The van der Waals surface area contributed by atoms with E-state index in [-0.39, 0.29) is 6.42 Å². The van der Waals surface area contributed by atoms with Crippen molar-refractivity contribution in [1.82, 2.24) is 0 Å². The highest BCUT2D eigenvalue weighted by molar-refractivity contribution is 6.39. The molecule has 2 rings (SSSR count). The molecule has 5 nitrogen and oxygen atoms in total. The molecule has 120 valence electrons. The summed E-state index contributed by atoms with van der Waals surface area (Å²) in [6, 6.07) is 12.2. The van der Waals surface area contributed by atoms with E-state index in [0.29, 0.717) is 27.0 Å². The molecule has 0 aliphatic carbocycles. The lowest BCUT2D eigenvalue weighted by Crippen LogP contribution is -2.14. The van der Waals surface area contributed by atoms with E-state index >= 15 is 0 Å². The Bertz CT molecular complexity index is 714. The third kappa shape index (κ3) is 5.16. The number of hydrogen-bond donors (Lipinski definition) is 2. The molecule has 0 atom stereocenters. The van der Waals surface area contributed by atoms with Crippen LogP contribution in [0.25, 0.3) is 0 Å². The Balaban J connectivity index is 2.08. The zero-order valence-electron chi connectivity index (χ0n) is 11.9. The van der Waals surface area contributed by atoms with Gasteiger partial charge >= 0.3 is 11.9 Å². The maximum Gasteiger partial charge on any atom is 0.341 e. The number of halogens is 2. The number of para-hydroxylation sites is 1. The second-order valence-electron chi connectivity index (χ2n) is 4.65. The zero-order valence-corrected chi connectivity index (χ0v) is 13.4. The van der Waals surface area contributed by atoms with E-state index in [1.165, 1.54) is 0 Å². The van der Waals surface area contributed by atoms with Crippen LogP contribution in [-0.2, 0) is 20.7 Å². The van der Waals surface area contributed by atoms with E-state index < -0.39 is 18.5 Å². The molecule has 2 N–H and O–H groups in total. The third-order valence-corrected chi connectivity index (χ3v) is 3.49. The predicted octanol–water partition coefficient (Wildman–Crippen LogP) is 3.91. The molecular weight excluding hydrogens is 341 g/mol. The van der Waals surface area contributed by atoms with Crippen molar-refractivity contribution in [2.45, 2.75) is 6.42 Å². The lowest BCUT2D eigenvalue weighted by Gasteiger charge is -2.11. The lowest BCUT2D eigenvalue weighted by molar-refractivity contribution is -0.154. The summed E-state index contributed by atoms with van der Waals surface area (Å²) in [6.45, 7) is -0.647. The molecule has 0 amide bonds. The number of anilines is 2. The summed E-state index contributed by atoms with van der Waals surface area (Å²) < 4.78 is 4.60. The van der Waals surface area contributed by atoms with Crippen molar-refractivity contribution in [2.75, 3.05) is 11.9 Å². The van der Waals surface area contributed by atoms with Gasteiger partial charge in [0.05, 0.1) is 22.2 Å². The van der Waals surface area contributed by atoms with Gasteiger partial charge in [0.2, 0.25) is 0 Å². The SMILES string of the molecule is O=C(O)COC(=O)Cc1cccc(Nc2c(Cl)cccc2Cl)c1. The number of esters is 1. The van der Waals surface area contributed by atoms with Crippen molar-refractivity contribution in [1.29, 1.82) is 0 Å². The minimum absolute atomic E-state index is 0.0287. The summed E-state index contributed by atoms with van der Waals surface area (Å²) in [5.74, 6) is -1.80. The molecule has 0 unspecified atom stereocenters. The van der Waals surface area contributed by atoms with Gasteiger partial charge in [-0.25, -0.2) is 4.79 Å². The molecule has 0 heterocycles. The third-order valence-electron chi connectivity index (χ3n) is 2.86. The average Bonchev–Trinajstić information content (AvgIpc) is 2.49. The first kappa shape index (κ1) is 17.1. The molecule has 2 aromatic rings. The fourth-order valence-corrected chi connectivity index (χ4v) is 2.37. The normalized spacial score (nSPS) is 10.2. The first-order chi connectivity index (χ1) is 11.0. The van der Waals surface area contributed by atoms with E-state index in [0.717, 1.165) is 0 Å². The highest BCUT2D eigenvalue weighted by atomic mass is 35.5. The highest BCUT2D eigenvalue weighted by Crippen LogP contribution is 2.32. The number of rotatable bonds is 6. The van der Waals surface area contributed by atoms with Crippen molar-refractivity contribution in [2.24, 2.45) is 0 Å². The predicted molar refractivity (Wildman–Crippen MR) is 88.5 cm³/mol. The van der Waals surface area contributed by atoms with Crippen LogP contribution >= 0.6 is 23.2 Å². The standard InChI is InChI=1S/C16H13Cl2NO4/c17-12-5-2-6-13(18)16(12)19-11-4-1-3-10(7-11)8-15(22)23-9-14(20)21/h1-7,19H,8-9H2,(H,20,21). The van der Waals surface area contributed by atoms with E-state index in [2.05, 4.69) is 10.1 Å². The fourth-order valence-electron chi connectivity index (χ4n) is 1.88. The van der Waals surface area contributed by atoms with Crippen LogP contribution < -0.4 is 5.32 Å². The second kappa shape index (κ2) is 7.85. The molecule has 0 aromatic heterocycles. The van der Waals surface area contributed by atoms with Gasteiger partial charge in [-0.15, -0.1) is 0 Å². The highest BCUT2D eigenvalue weighted by Gasteiger charge is 2.09. The van der Waals surface area contributed by atoms with Crippen LogP contribution in [0, 0.1) is 0 Å². The van der Waals surface area contributed by atoms with Crippen LogP contribution in [0.2, 0.25) is 10.0 Å². The first-order valence-electron chi connectivity index (χ1n) is 6.63. The van der Waals surface area contributed by atoms with Crippen LogP contribution in [0.5, 0.6) is 0 Å². The maximum absolute atomic E-state index is 11.5. The van der Waals surface area contributed by atoms with Gasteiger partial charge < -0.3 is 15.2 Å². The van der Waals surface area contributed by atoms with E-state index in [9.17, 15) is 9.59 Å². The van der Waals surface area contributed by atoms with Crippen LogP contribution in [0.1, 0.15) is 5.56 Å². The zero-order chi connectivity index (χ0) is 16.8. The number of nitrogens with one attached hydrogen (secondary N) is 1. The van der Waals surface area contributed by atoms with E-state index in [1.54, 1.807) is 42.5 Å². The Morgan fingerprint density at radius 3 is 2.39 bits per heavy atom. The van der Waals surface area contributed by atoms with Gasteiger partial charge in [0.1, 0.15) is 0 Å². The number of hydrogen-bond acceptors (Lipinski definition) is 4. The number of ether oxygens (including phenoxy) is 1. The van der Waals surface area contributed by atoms with Gasteiger partial charge in [-0.1, -0.05) is 41.4 Å². The summed E-state index contributed by atoms with van der Waals surface area (Å²) in [4.78, 5) is 21.9. The molecule has 0 spiro atoms. The number of carbonyl (C=O) groups excluding carboxylic acids is 1. The molecule has 0 aliphatic heterocycles. The molecule has 0 saturated heterocycles. The molecule has 0 bridgehead atoms. The second-order valence-corrected chi connectivity index (χ2v) is 5.47. The molecule has 0 fully saturated rings. The van der Waals surface area contributed by atoms with E-state index in [4.69, 9.17) is 28.3 Å². The van der Waals surface area contributed by atoms with Gasteiger partial charge in [-0.05, 0) is 29.8 Å². The molecule has 0 saturated carbocycles. The monoisotopic (exact) mass is 353 g/mol. The molecular formula is C16H13Cl2NO4. The molecule has 7 heteroatoms. The summed E-state index contributed by atoms with van der Waals surface area (Å²) in [5.41, 5.74) is 1.94. The Kier molecular flexibility index (Phi) is 5.84. The Hall–Kier alpha value is -2.24. The topological polar surface area (TPSA) is 75.6 Å². The Morgan fingerprint density at radius 2 is 1.74 bits per heavy atom. The number of benzene rings is 2. The van der Waals surface area contributed by atoms with Crippen LogP contribution in [-0.4, -0.2) is 23.7 Å².